The fraction of sp³-hybridized carbons (Fsp3) is 0.350. The van der Waals surface area contributed by atoms with E-state index in [0.717, 1.165) is 5.69 Å². The molecule has 7 heteroatoms. The first-order chi connectivity index (χ1) is 12.8. The van der Waals surface area contributed by atoms with E-state index in [4.69, 9.17) is 4.74 Å². The van der Waals surface area contributed by atoms with Crippen molar-refractivity contribution in [2.75, 3.05) is 12.4 Å². The van der Waals surface area contributed by atoms with Crippen molar-refractivity contribution >= 4 is 21.6 Å². The highest BCUT2D eigenvalue weighted by atomic mass is 32.2. The zero-order valence-electron chi connectivity index (χ0n) is 16.2. The zero-order chi connectivity index (χ0) is 20.2. The number of anilines is 1. The quantitative estimate of drug-likeness (QED) is 0.694. The van der Waals surface area contributed by atoms with Crippen LogP contribution in [0.1, 0.15) is 31.0 Å². The van der Waals surface area contributed by atoms with Crippen LogP contribution in [0.25, 0.3) is 0 Å². The molecule has 1 N–H and O–H groups in total. The average Bonchev–Trinajstić information content (AvgIpc) is 2.87. The van der Waals surface area contributed by atoms with Crippen LogP contribution in [0.4, 0.5) is 5.82 Å². The summed E-state index contributed by atoms with van der Waals surface area (Å²) in [4.78, 5) is 12.5. The van der Waals surface area contributed by atoms with Gasteiger partial charge in [-0.2, -0.15) is 0 Å². The molecule has 1 aromatic carbocycles. The molecule has 0 radical (unpaired) electrons. The average molecular weight is 391 g/mol. The molecular formula is C20H26N2O4S. The van der Waals surface area contributed by atoms with Crippen molar-refractivity contribution in [3.8, 4) is 5.75 Å². The van der Waals surface area contributed by atoms with Crippen molar-refractivity contribution in [2.24, 2.45) is 0 Å². The minimum Gasteiger partial charge on any atom is -0.497 e. The van der Waals surface area contributed by atoms with Crippen molar-refractivity contribution in [2.45, 2.75) is 49.9 Å². The number of amides is 1. The number of nitrogens with zero attached hydrogens (tertiary/aromatic N) is 1. The van der Waals surface area contributed by atoms with E-state index < -0.39 is 9.84 Å². The molecule has 0 atom stereocenters. The number of benzene rings is 1. The van der Waals surface area contributed by atoms with Crippen LogP contribution in [0, 0.1) is 13.8 Å². The van der Waals surface area contributed by atoms with Gasteiger partial charge in [-0.05, 0) is 50.1 Å². The Labute approximate surface area is 160 Å². The monoisotopic (exact) mass is 390 g/mol. The Morgan fingerprint density at radius 1 is 1.26 bits per heavy atom. The first kappa shape index (κ1) is 20.8. The molecule has 2 aromatic rings. The minimum absolute atomic E-state index is 0.122. The van der Waals surface area contributed by atoms with Crippen LogP contribution in [0.15, 0.2) is 46.7 Å². The van der Waals surface area contributed by atoms with E-state index in [1.165, 1.54) is 19.2 Å². The third kappa shape index (κ3) is 4.08. The molecule has 1 aromatic heterocycles. The Morgan fingerprint density at radius 3 is 2.41 bits per heavy atom. The standard InChI is InChI=1S/C20H26N2O4S/c1-6-8-18(23)21-20-19(14(3)15(4)22(20)13-7-2)27(24,25)17-11-9-16(26-5)10-12-17/h7,9-12H,2,6,8,13H2,1,3-5H3,(H,21,23). The fourth-order valence-electron chi connectivity index (χ4n) is 2.94. The van der Waals surface area contributed by atoms with Gasteiger partial charge in [0.1, 0.15) is 16.5 Å². The smallest absolute Gasteiger partial charge is 0.225 e. The molecule has 0 aliphatic carbocycles. The van der Waals surface area contributed by atoms with E-state index in [9.17, 15) is 13.2 Å². The molecule has 0 saturated heterocycles. The van der Waals surface area contributed by atoms with Gasteiger partial charge in [0.15, 0.2) is 0 Å². The first-order valence-corrected chi connectivity index (χ1v) is 10.3. The number of rotatable bonds is 8. The van der Waals surface area contributed by atoms with Crippen LogP contribution < -0.4 is 10.1 Å². The van der Waals surface area contributed by atoms with Gasteiger partial charge >= 0.3 is 0 Å². The van der Waals surface area contributed by atoms with E-state index in [0.29, 0.717) is 36.5 Å². The molecule has 0 aliphatic heterocycles. The molecule has 0 saturated carbocycles. The van der Waals surface area contributed by atoms with Crippen molar-refractivity contribution in [3.63, 3.8) is 0 Å². The molecule has 27 heavy (non-hydrogen) atoms. The molecule has 0 spiro atoms. The summed E-state index contributed by atoms with van der Waals surface area (Å²) in [6.07, 6.45) is 2.66. The molecular weight excluding hydrogens is 364 g/mol. The number of carbonyl (C=O) groups excluding carboxylic acids is 1. The van der Waals surface area contributed by atoms with Crippen molar-refractivity contribution < 1.29 is 17.9 Å². The maximum absolute atomic E-state index is 13.4. The van der Waals surface area contributed by atoms with Crippen LogP contribution in [-0.2, 0) is 21.2 Å². The lowest BCUT2D eigenvalue weighted by Crippen LogP contribution is -2.17. The van der Waals surface area contributed by atoms with E-state index in [1.54, 1.807) is 29.7 Å². The van der Waals surface area contributed by atoms with Gasteiger partial charge in [0.25, 0.3) is 0 Å². The maximum atomic E-state index is 13.4. The van der Waals surface area contributed by atoms with E-state index in [2.05, 4.69) is 11.9 Å². The SMILES string of the molecule is C=CCn1c(C)c(C)c(S(=O)(=O)c2ccc(OC)cc2)c1NC(=O)CCC. The van der Waals surface area contributed by atoms with E-state index >= 15 is 0 Å². The Morgan fingerprint density at radius 2 is 1.89 bits per heavy atom. The Hall–Kier alpha value is -2.54. The number of hydrogen-bond donors (Lipinski definition) is 1. The summed E-state index contributed by atoms with van der Waals surface area (Å²) in [6.45, 7) is 9.61. The summed E-state index contributed by atoms with van der Waals surface area (Å²) < 4.78 is 33.6. The Kier molecular flexibility index (Phi) is 6.49. The molecule has 6 nitrogen and oxygen atoms in total. The Bertz CT molecular complexity index is 941. The van der Waals surface area contributed by atoms with E-state index in [-0.39, 0.29) is 15.7 Å². The third-order valence-corrected chi connectivity index (χ3v) is 6.39. The minimum atomic E-state index is -3.83. The molecule has 2 rings (SSSR count). The fourth-order valence-corrected chi connectivity index (χ4v) is 4.64. The summed E-state index contributed by atoms with van der Waals surface area (Å²) >= 11 is 0. The predicted octanol–water partition coefficient (Wildman–Crippen LogP) is 3.87. The number of sulfone groups is 1. The summed E-state index contributed by atoms with van der Waals surface area (Å²) in [6, 6.07) is 6.22. The number of ether oxygens (including phenoxy) is 1. The van der Waals surface area contributed by atoms with Crippen LogP contribution >= 0.6 is 0 Å². The lowest BCUT2D eigenvalue weighted by Gasteiger charge is -2.13. The predicted molar refractivity (Wildman–Crippen MR) is 106 cm³/mol. The number of hydrogen-bond acceptors (Lipinski definition) is 4. The van der Waals surface area contributed by atoms with Gasteiger partial charge in [-0.3, -0.25) is 4.79 Å². The second-order valence-corrected chi connectivity index (χ2v) is 8.15. The topological polar surface area (TPSA) is 77.4 Å². The van der Waals surface area contributed by atoms with Crippen molar-refractivity contribution in [1.82, 2.24) is 4.57 Å². The summed E-state index contributed by atoms with van der Waals surface area (Å²) in [5, 5.41) is 2.80. The van der Waals surface area contributed by atoms with Gasteiger partial charge in [0.2, 0.25) is 15.7 Å². The highest BCUT2D eigenvalue weighted by molar-refractivity contribution is 7.91. The number of aromatic nitrogens is 1. The summed E-state index contributed by atoms with van der Waals surface area (Å²) in [5.41, 5.74) is 1.38. The molecule has 146 valence electrons. The second kappa shape index (κ2) is 8.43. The molecule has 0 aliphatic rings. The van der Waals surface area contributed by atoms with Gasteiger partial charge in [-0.1, -0.05) is 13.0 Å². The number of allylic oxidation sites excluding steroid dienone is 1. The maximum Gasteiger partial charge on any atom is 0.225 e. The van der Waals surface area contributed by atoms with Crippen molar-refractivity contribution in [3.05, 3.63) is 48.2 Å². The summed E-state index contributed by atoms with van der Waals surface area (Å²) in [5.74, 6) is 0.646. The van der Waals surface area contributed by atoms with Gasteiger partial charge in [0, 0.05) is 18.7 Å². The molecule has 0 bridgehead atoms. The Balaban J connectivity index is 2.67. The zero-order valence-corrected chi connectivity index (χ0v) is 17.0. The second-order valence-electron chi connectivity index (χ2n) is 6.26. The number of carbonyl (C=O) groups is 1. The molecule has 0 unspecified atom stereocenters. The summed E-state index contributed by atoms with van der Waals surface area (Å²) in [7, 11) is -2.31. The highest BCUT2D eigenvalue weighted by Gasteiger charge is 2.30. The number of methoxy groups -OCH3 is 1. The lowest BCUT2D eigenvalue weighted by atomic mass is 10.3. The van der Waals surface area contributed by atoms with Crippen molar-refractivity contribution in [1.29, 1.82) is 0 Å². The van der Waals surface area contributed by atoms with Gasteiger partial charge in [-0.15, -0.1) is 6.58 Å². The van der Waals surface area contributed by atoms with Gasteiger partial charge < -0.3 is 14.6 Å². The highest BCUT2D eigenvalue weighted by Crippen LogP contribution is 2.36. The lowest BCUT2D eigenvalue weighted by molar-refractivity contribution is -0.116. The molecule has 1 amide bonds. The van der Waals surface area contributed by atoms with Crippen LogP contribution in [0.3, 0.4) is 0 Å². The van der Waals surface area contributed by atoms with E-state index in [1.807, 2.05) is 13.8 Å². The van der Waals surface area contributed by atoms with Gasteiger partial charge in [-0.25, -0.2) is 8.42 Å². The first-order valence-electron chi connectivity index (χ1n) is 8.77. The normalized spacial score (nSPS) is 11.3. The molecule has 1 heterocycles. The number of nitrogens with one attached hydrogen (secondary N) is 1. The van der Waals surface area contributed by atoms with Crippen LogP contribution in [0.5, 0.6) is 5.75 Å². The van der Waals surface area contributed by atoms with Gasteiger partial charge in [0.05, 0.1) is 12.0 Å². The van der Waals surface area contributed by atoms with Crippen LogP contribution in [-0.4, -0.2) is 26.0 Å². The largest absolute Gasteiger partial charge is 0.497 e. The third-order valence-electron chi connectivity index (χ3n) is 4.46. The molecule has 0 fully saturated rings. The van der Waals surface area contributed by atoms with Crippen LogP contribution in [0.2, 0.25) is 0 Å².